The lowest BCUT2D eigenvalue weighted by Gasteiger charge is -2.27. The Morgan fingerprint density at radius 2 is 1.96 bits per heavy atom. The van der Waals surface area contributed by atoms with Gasteiger partial charge in [0.25, 0.3) is 5.91 Å². The van der Waals surface area contributed by atoms with E-state index in [1.165, 1.54) is 0 Å². The molecule has 1 heterocycles. The third kappa shape index (κ3) is 4.12. The van der Waals surface area contributed by atoms with Gasteiger partial charge >= 0.3 is 0 Å². The number of nitrogens with one attached hydrogen (secondary N) is 2. The summed E-state index contributed by atoms with van der Waals surface area (Å²) in [6.45, 7) is 1.76. The first-order valence-corrected chi connectivity index (χ1v) is 8.58. The van der Waals surface area contributed by atoms with Crippen molar-refractivity contribution in [2.75, 3.05) is 26.8 Å². The maximum Gasteiger partial charge on any atom is 0.251 e. The number of hydrogen-bond acceptors (Lipinski definition) is 4. The van der Waals surface area contributed by atoms with Crippen molar-refractivity contribution >= 4 is 17.5 Å². The number of rotatable bonds is 5. The Hall–Kier alpha value is -2.08. The highest BCUT2D eigenvalue weighted by atomic mass is 35.5. The molecule has 0 bridgehead atoms. The fraction of sp³-hybridized carbons (Fsp3) is 0.316. The molecule has 1 amide bonds. The third-order valence-electron chi connectivity index (χ3n) is 4.17. The predicted molar refractivity (Wildman–Crippen MR) is 97.0 cm³/mol. The van der Waals surface area contributed by atoms with E-state index < -0.39 is 12.1 Å². The van der Waals surface area contributed by atoms with E-state index in [2.05, 4.69) is 10.6 Å². The lowest BCUT2D eigenvalue weighted by atomic mass is 9.97. The Balaban J connectivity index is 1.94. The van der Waals surface area contributed by atoms with Crippen LogP contribution in [0.2, 0.25) is 5.02 Å². The van der Waals surface area contributed by atoms with Crippen LogP contribution in [0.25, 0.3) is 0 Å². The summed E-state index contributed by atoms with van der Waals surface area (Å²) in [5.41, 5.74) is 1.65. The average Bonchev–Trinajstić information content (AvgIpc) is 2.67. The Labute approximate surface area is 152 Å². The van der Waals surface area contributed by atoms with Crippen LogP contribution in [-0.4, -0.2) is 38.8 Å². The number of benzene rings is 2. The van der Waals surface area contributed by atoms with E-state index >= 15 is 0 Å². The fourth-order valence-corrected chi connectivity index (χ4v) is 3.15. The van der Waals surface area contributed by atoms with Crippen LogP contribution in [0.3, 0.4) is 0 Å². The van der Waals surface area contributed by atoms with Crippen LogP contribution in [0.5, 0.6) is 5.75 Å². The number of carbonyl (C=O) groups excluding carboxylic acids is 1. The van der Waals surface area contributed by atoms with Gasteiger partial charge in [-0.15, -0.1) is 0 Å². The number of hydrogen-bond donors (Lipinski definition) is 2. The van der Waals surface area contributed by atoms with Gasteiger partial charge in [0.2, 0.25) is 0 Å². The minimum absolute atomic E-state index is 0.178. The van der Waals surface area contributed by atoms with Crippen molar-refractivity contribution in [1.29, 1.82) is 0 Å². The van der Waals surface area contributed by atoms with Gasteiger partial charge in [0.05, 0.1) is 19.8 Å². The van der Waals surface area contributed by atoms with Gasteiger partial charge in [-0.05, 0) is 17.7 Å². The number of carbonyl (C=O) groups is 1. The maximum absolute atomic E-state index is 12.7. The zero-order chi connectivity index (χ0) is 17.6. The molecule has 0 radical (unpaired) electrons. The van der Waals surface area contributed by atoms with E-state index in [1.54, 1.807) is 7.11 Å². The molecule has 132 valence electrons. The van der Waals surface area contributed by atoms with Crippen LogP contribution < -0.4 is 15.4 Å². The summed E-state index contributed by atoms with van der Waals surface area (Å²) in [5, 5.41) is 6.82. The van der Waals surface area contributed by atoms with Crippen LogP contribution in [0.1, 0.15) is 17.2 Å². The summed E-state index contributed by atoms with van der Waals surface area (Å²) in [4.78, 5) is 12.7. The zero-order valence-corrected chi connectivity index (χ0v) is 14.8. The topological polar surface area (TPSA) is 59.6 Å². The van der Waals surface area contributed by atoms with Gasteiger partial charge in [-0.2, -0.15) is 0 Å². The van der Waals surface area contributed by atoms with Crippen LogP contribution in [0.15, 0.2) is 48.5 Å². The molecule has 2 aromatic carbocycles. The predicted octanol–water partition coefficient (Wildman–Crippen LogP) is 2.54. The molecule has 0 aromatic heterocycles. The highest BCUT2D eigenvalue weighted by molar-refractivity contribution is 6.31. The van der Waals surface area contributed by atoms with E-state index in [4.69, 9.17) is 21.1 Å². The summed E-state index contributed by atoms with van der Waals surface area (Å²) >= 11 is 6.40. The molecule has 0 saturated carbocycles. The van der Waals surface area contributed by atoms with E-state index in [-0.39, 0.29) is 5.91 Å². The van der Waals surface area contributed by atoms with Crippen molar-refractivity contribution in [2.24, 2.45) is 0 Å². The van der Waals surface area contributed by atoms with Crippen molar-refractivity contribution < 1.29 is 14.3 Å². The lowest BCUT2D eigenvalue weighted by molar-refractivity contribution is -0.134. The molecule has 0 spiro atoms. The smallest absolute Gasteiger partial charge is 0.251 e. The summed E-state index contributed by atoms with van der Waals surface area (Å²) in [5.74, 6) is 0.512. The molecule has 1 fully saturated rings. The molecule has 2 atom stereocenters. The van der Waals surface area contributed by atoms with Crippen LogP contribution in [0, 0.1) is 0 Å². The molecule has 0 aliphatic carbocycles. The molecule has 6 heteroatoms. The molecule has 3 rings (SSSR count). The fourth-order valence-electron chi connectivity index (χ4n) is 2.91. The van der Waals surface area contributed by atoms with E-state index in [0.29, 0.717) is 23.9 Å². The number of methoxy groups -OCH3 is 1. The minimum Gasteiger partial charge on any atom is -0.496 e. The highest BCUT2D eigenvalue weighted by Gasteiger charge is 2.27. The monoisotopic (exact) mass is 360 g/mol. The van der Waals surface area contributed by atoms with Crippen LogP contribution in [-0.2, 0) is 9.53 Å². The maximum atomic E-state index is 12.7. The van der Waals surface area contributed by atoms with Crippen LogP contribution in [0.4, 0.5) is 0 Å². The first-order chi connectivity index (χ1) is 12.2. The van der Waals surface area contributed by atoms with Gasteiger partial charge in [-0.1, -0.05) is 48.0 Å². The molecule has 5 nitrogen and oxygen atoms in total. The van der Waals surface area contributed by atoms with Gasteiger partial charge < -0.3 is 20.1 Å². The van der Waals surface area contributed by atoms with Crippen molar-refractivity contribution in [3.63, 3.8) is 0 Å². The number of morpholine rings is 1. The van der Waals surface area contributed by atoms with Crippen molar-refractivity contribution in [3.8, 4) is 5.75 Å². The number of para-hydroxylation sites is 1. The van der Waals surface area contributed by atoms with Crippen molar-refractivity contribution in [1.82, 2.24) is 10.6 Å². The van der Waals surface area contributed by atoms with Crippen molar-refractivity contribution in [3.05, 3.63) is 64.7 Å². The quantitative estimate of drug-likeness (QED) is 0.860. The normalized spacial score (nSPS) is 18.4. The molecule has 2 aromatic rings. The molecule has 2 N–H and O–H groups in total. The van der Waals surface area contributed by atoms with Gasteiger partial charge in [0.1, 0.15) is 11.9 Å². The molecular formula is C19H21ClN2O3. The molecule has 1 aliphatic rings. The number of halogens is 1. The number of amides is 1. The van der Waals surface area contributed by atoms with Gasteiger partial charge in [0.15, 0.2) is 0 Å². The zero-order valence-electron chi connectivity index (χ0n) is 14.0. The largest absolute Gasteiger partial charge is 0.496 e. The first-order valence-electron chi connectivity index (χ1n) is 8.20. The molecule has 2 unspecified atom stereocenters. The summed E-state index contributed by atoms with van der Waals surface area (Å²) in [6.07, 6.45) is -0.520. The second-order valence-corrected chi connectivity index (χ2v) is 6.18. The standard InChI is InChI=1S/C19H21ClN2O3/c1-24-16-9-5-3-7-14(16)18(13-6-2-4-8-15(13)20)22-19(23)17-12-21-10-11-25-17/h2-9,17-18,21H,10-12H2,1H3,(H,22,23). The Morgan fingerprint density at radius 1 is 1.24 bits per heavy atom. The summed E-state index contributed by atoms with van der Waals surface area (Å²) in [7, 11) is 1.61. The average molecular weight is 361 g/mol. The third-order valence-corrected chi connectivity index (χ3v) is 4.52. The highest BCUT2D eigenvalue weighted by Crippen LogP contribution is 2.33. The number of ether oxygens (including phenoxy) is 2. The summed E-state index contributed by atoms with van der Waals surface area (Å²) in [6, 6.07) is 14.6. The Bertz CT molecular complexity index is 732. The molecule has 25 heavy (non-hydrogen) atoms. The van der Waals surface area contributed by atoms with Crippen molar-refractivity contribution in [2.45, 2.75) is 12.1 Å². The second-order valence-electron chi connectivity index (χ2n) is 5.77. The lowest BCUT2D eigenvalue weighted by Crippen LogP contribution is -2.48. The second kappa shape index (κ2) is 8.34. The van der Waals surface area contributed by atoms with Crippen LogP contribution >= 0.6 is 11.6 Å². The van der Waals surface area contributed by atoms with E-state index in [1.807, 2.05) is 48.5 Å². The van der Waals surface area contributed by atoms with E-state index in [0.717, 1.165) is 17.7 Å². The van der Waals surface area contributed by atoms with E-state index in [9.17, 15) is 4.79 Å². The first kappa shape index (κ1) is 17.7. The van der Waals surface area contributed by atoms with Gasteiger partial charge in [0, 0.05) is 23.7 Å². The molecule has 1 saturated heterocycles. The molecule has 1 aliphatic heterocycles. The minimum atomic E-state index is -0.520. The Kier molecular flexibility index (Phi) is 5.91. The summed E-state index contributed by atoms with van der Waals surface area (Å²) < 4.78 is 11.0. The Morgan fingerprint density at radius 3 is 2.64 bits per heavy atom. The molecular weight excluding hydrogens is 340 g/mol. The van der Waals surface area contributed by atoms with Gasteiger partial charge in [-0.3, -0.25) is 4.79 Å². The van der Waals surface area contributed by atoms with Gasteiger partial charge in [-0.25, -0.2) is 0 Å². The SMILES string of the molecule is COc1ccccc1C(NC(=O)C1CNCCO1)c1ccccc1Cl.